The highest BCUT2D eigenvalue weighted by atomic mass is 16.2. The maximum Gasteiger partial charge on any atom is 0.264 e. The molecule has 114 valence electrons. The van der Waals surface area contributed by atoms with E-state index in [1.807, 2.05) is 0 Å². The van der Waals surface area contributed by atoms with Crippen molar-refractivity contribution in [3.8, 4) is 0 Å². The van der Waals surface area contributed by atoms with Crippen molar-refractivity contribution in [2.24, 2.45) is 0 Å². The van der Waals surface area contributed by atoms with Crippen LogP contribution in [-0.4, -0.2) is 21.4 Å². The number of carbonyl (C=O) groups excluding carboxylic acids is 2. The smallest absolute Gasteiger partial charge is 0.264 e. The molecule has 22 heavy (non-hydrogen) atoms. The normalized spacial score (nSPS) is 36.3. The third-order valence-electron chi connectivity index (χ3n) is 2.98. The van der Waals surface area contributed by atoms with Crippen LogP contribution in [0.5, 0.6) is 0 Å². The molecule has 1 atom stereocenters. The molecule has 1 aromatic carbocycles. The summed E-state index contributed by atoms with van der Waals surface area (Å²) in [5.74, 6) is -5.46. The Hall–Kier alpha value is -2.70. The minimum Gasteiger partial charge on any atom is -0.398 e. The van der Waals surface area contributed by atoms with Crippen molar-refractivity contribution in [2.75, 3.05) is 5.73 Å². The molecule has 1 unspecified atom stereocenters. The van der Waals surface area contributed by atoms with Crippen LogP contribution in [0.15, 0.2) is 22.9 Å². The first kappa shape index (κ1) is 5.49. The van der Waals surface area contributed by atoms with Crippen LogP contribution in [0.1, 0.15) is 43.2 Å². The number of piperidine rings is 1. The first-order valence-electron chi connectivity index (χ1n) is 12.3. The SMILES string of the molecule is [2H]c1c([2H])c(N)c2c(=O)n(C3(C([2H])([2H])[2H])C(=O)NC(=O)C([2H])([2H])C3([2H])[2H])c(C([2H])([2H])[2H])nc2c1[2H]. The monoisotopic (exact) mass is 313 g/mol. The summed E-state index contributed by atoms with van der Waals surface area (Å²) in [7, 11) is 0. The Morgan fingerprint density at radius 1 is 1.50 bits per heavy atom. The first-order valence-corrected chi connectivity index (χ1v) is 5.77. The summed E-state index contributed by atoms with van der Waals surface area (Å²) in [6.45, 7) is -7.59. The number of aryl methyl sites for hydroxylation is 1. The van der Waals surface area contributed by atoms with E-state index in [1.54, 1.807) is 0 Å². The fourth-order valence-electron chi connectivity index (χ4n) is 1.97. The number of aromatic nitrogens is 2. The summed E-state index contributed by atoms with van der Waals surface area (Å²) in [4.78, 5) is 42.5. The number of nitrogens with zero attached hydrogens (tertiary/aromatic N) is 2. The number of anilines is 1. The van der Waals surface area contributed by atoms with Crippen LogP contribution in [0.25, 0.3) is 10.9 Å². The topological polar surface area (TPSA) is 107 Å². The van der Waals surface area contributed by atoms with Gasteiger partial charge >= 0.3 is 0 Å². The lowest BCUT2D eigenvalue weighted by molar-refractivity contribution is -0.140. The quantitative estimate of drug-likeness (QED) is 0.587. The fourth-order valence-corrected chi connectivity index (χ4v) is 1.97. The van der Waals surface area contributed by atoms with Gasteiger partial charge in [-0.3, -0.25) is 24.3 Å². The van der Waals surface area contributed by atoms with Gasteiger partial charge in [-0.1, -0.05) is 6.04 Å². The minimum absolute atomic E-state index is 0.381. The molecule has 3 N–H and O–H groups in total. The summed E-state index contributed by atoms with van der Waals surface area (Å²) in [5.41, 5.74) is -1.78. The van der Waals surface area contributed by atoms with Crippen molar-refractivity contribution < 1.29 is 27.4 Å². The van der Waals surface area contributed by atoms with Crippen LogP contribution < -0.4 is 16.6 Å². The minimum atomic E-state index is -4.08. The van der Waals surface area contributed by atoms with E-state index in [0.717, 1.165) is 0 Å². The van der Waals surface area contributed by atoms with Crippen LogP contribution in [0.2, 0.25) is 0 Å². The van der Waals surface area contributed by atoms with Crippen LogP contribution in [0.3, 0.4) is 0 Å². The van der Waals surface area contributed by atoms with Crippen LogP contribution in [0.4, 0.5) is 5.69 Å². The zero-order valence-electron chi connectivity index (χ0n) is 23.7. The van der Waals surface area contributed by atoms with Gasteiger partial charge in [0.25, 0.3) is 11.5 Å². The van der Waals surface area contributed by atoms with Gasteiger partial charge in [-0.2, -0.15) is 0 Å². The molecule has 1 saturated heterocycles. The van der Waals surface area contributed by atoms with Crippen LogP contribution in [0, 0.1) is 6.85 Å². The number of hydrogen-bond acceptors (Lipinski definition) is 5. The second-order valence-corrected chi connectivity index (χ2v) is 4.33. The zero-order chi connectivity index (χ0) is 27.3. The number of benzene rings is 1. The summed E-state index contributed by atoms with van der Waals surface area (Å²) in [5, 5.41) is 0.398. The lowest BCUT2D eigenvalue weighted by Gasteiger charge is -2.34. The van der Waals surface area contributed by atoms with Gasteiger partial charge in [0.1, 0.15) is 11.4 Å². The molecule has 2 aromatic rings. The Balaban J connectivity index is 2.78. The number of carbonyl (C=O) groups is 2. The van der Waals surface area contributed by atoms with Gasteiger partial charge in [0.15, 0.2) is 0 Å². The fraction of sp³-hybridized carbons (Fsp3) is 0.333. The third kappa shape index (κ3) is 1.89. The Morgan fingerprint density at radius 2 is 2.32 bits per heavy atom. The predicted octanol–water partition coefficient (Wildman–Crippen LogP) is 0.439. The number of nitrogens with two attached hydrogens (primary N) is 1. The van der Waals surface area contributed by atoms with Crippen molar-refractivity contribution in [3.05, 3.63) is 34.3 Å². The Kier molecular flexibility index (Phi) is 1.16. The number of rotatable bonds is 1. The summed E-state index contributed by atoms with van der Waals surface area (Å²) < 4.78 is 103. The van der Waals surface area contributed by atoms with E-state index in [0.29, 0.717) is 0 Å². The number of nitrogen functional groups attached to an aromatic ring is 1. The third-order valence-corrected chi connectivity index (χ3v) is 2.98. The van der Waals surface area contributed by atoms with E-state index in [-0.39, 0.29) is 4.57 Å². The Bertz CT molecular complexity index is 1360. The van der Waals surface area contributed by atoms with Crippen molar-refractivity contribution in [3.63, 3.8) is 0 Å². The summed E-state index contributed by atoms with van der Waals surface area (Å²) in [6.07, 6.45) is -7.87. The van der Waals surface area contributed by atoms with Crippen molar-refractivity contribution in [1.29, 1.82) is 0 Å². The van der Waals surface area contributed by atoms with E-state index in [2.05, 4.69) is 4.98 Å². The molecule has 0 saturated carbocycles. The van der Waals surface area contributed by atoms with Crippen molar-refractivity contribution in [2.45, 2.75) is 32.0 Å². The van der Waals surface area contributed by atoms with E-state index >= 15 is 0 Å². The maximum absolute atomic E-state index is 13.7. The molecular weight excluding hydrogens is 284 g/mol. The van der Waals surface area contributed by atoms with Gasteiger partial charge in [-0.05, 0) is 32.2 Å². The number of imide groups is 1. The number of amides is 2. The molecule has 0 aliphatic carbocycles. The maximum atomic E-state index is 13.7. The van der Waals surface area contributed by atoms with Gasteiger partial charge < -0.3 is 5.73 Å². The lowest BCUT2D eigenvalue weighted by atomic mass is 9.90. The van der Waals surface area contributed by atoms with Crippen molar-refractivity contribution >= 4 is 28.4 Å². The van der Waals surface area contributed by atoms with Crippen molar-refractivity contribution in [1.82, 2.24) is 14.9 Å². The molecule has 1 aliphatic rings. The molecule has 1 aliphatic heterocycles. The molecule has 7 nitrogen and oxygen atoms in total. The predicted molar refractivity (Wildman–Crippen MR) is 81.2 cm³/mol. The van der Waals surface area contributed by atoms with E-state index < -0.39 is 89.9 Å². The average molecular weight is 313 g/mol. The highest BCUT2D eigenvalue weighted by Crippen LogP contribution is 2.27. The molecule has 1 fully saturated rings. The molecule has 0 spiro atoms. The number of fused-ring (bicyclic) bond motifs is 1. The highest BCUT2D eigenvalue weighted by Gasteiger charge is 2.42. The van der Waals surface area contributed by atoms with Gasteiger partial charge in [0.2, 0.25) is 5.91 Å². The average Bonchev–Trinajstić information content (AvgIpc) is 2.68. The lowest BCUT2D eigenvalue weighted by Crippen LogP contribution is -2.56. The van der Waals surface area contributed by atoms with Crippen LogP contribution >= 0.6 is 0 Å². The molecular formula is C15H16N4O3. The molecule has 7 heteroatoms. The van der Waals surface area contributed by atoms with Crippen LogP contribution in [-0.2, 0) is 15.1 Å². The Labute approximate surface area is 144 Å². The highest BCUT2D eigenvalue weighted by molar-refractivity contribution is 6.01. The summed E-state index contributed by atoms with van der Waals surface area (Å²) in [6, 6.07) is -2.67. The standard InChI is InChI=1S/C15H16N4O3/c1-8-17-10-5-3-4-9(16)12(10)13(21)19(8)15(2)7-6-11(20)18-14(15)22/h3-5H,6-7,16H2,1-2H3,(H,18,20,22)/i1D3,2D3,3D,4D,5D,6D2,7D2. The Morgan fingerprint density at radius 3 is 3.05 bits per heavy atom. The molecule has 0 bridgehead atoms. The van der Waals surface area contributed by atoms with Gasteiger partial charge in [0, 0.05) is 25.8 Å². The second kappa shape index (κ2) is 4.66. The molecule has 1 aromatic heterocycles. The molecule has 3 rings (SSSR count). The summed E-state index contributed by atoms with van der Waals surface area (Å²) >= 11 is 0. The van der Waals surface area contributed by atoms with Gasteiger partial charge in [0.05, 0.1) is 15.0 Å². The first-order chi connectivity index (χ1) is 15.6. The largest absolute Gasteiger partial charge is 0.398 e. The number of hydrogen-bond donors (Lipinski definition) is 2. The van der Waals surface area contributed by atoms with Gasteiger partial charge in [-0.25, -0.2) is 4.98 Å². The molecule has 2 heterocycles. The molecule has 2 amide bonds. The second-order valence-electron chi connectivity index (χ2n) is 4.33. The van der Waals surface area contributed by atoms with Gasteiger partial charge in [-0.15, -0.1) is 0 Å². The molecule has 0 radical (unpaired) electrons. The van der Waals surface area contributed by atoms with E-state index in [4.69, 9.17) is 23.6 Å². The zero-order valence-corrected chi connectivity index (χ0v) is 10.7. The van der Waals surface area contributed by atoms with E-state index in [1.165, 1.54) is 5.32 Å². The van der Waals surface area contributed by atoms with E-state index in [9.17, 15) is 14.4 Å². The number of nitrogens with one attached hydrogen (secondary N) is 1.